The fraction of sp³-hybridized carbons (Fsp3) is 0.240. The molecule has 2 aromatic carbocycles. The highest BCUT2D eigenvalue weighted by atomic mass is 35.5. The van der Waals surface area contributed by atoms with E-state index in [2.05, 4.69) is 9.97 Å². The van der Waals surface area contributed by atoms with Gasteiger partial charge >= 0.3 is 0 Å². The number of pyridine rings is 1. The third-order valence-corrected chi connectivity index (χ3v) is 9.25. The molecule has 1 amide bonds. The molecule has 0 spiro atoms. The normalized spacial score (nSPS) is 16.3. The van der Waals surface area contributed by atoms with Crippen LogP contribution in [0.25, 0.3) is 10.2 Å². The molecule has 1 saturated heterocycles. The number of halogens is 1. The largest absolute Gasteiger partial charge is 0.497 e. The topological polar surface area (TPSA) is 92.7 Å². The predicted molar refractivity (Wildman–Crippen MR) is 140 cm³/mol. The molecule has 5 rings (SSSR count). The summed E-state index contributed by atoms with van der Waals surface area (Å²) in [6, 6.07) is 16.1. The molecule has 186 valence electrons. The minimum absolute atomic E-state index is 0.106. The SMILES string of the molecule is COc1ccc2nc(N(Cc3ccccn3)C(=O)C3CCCN3S(=O)(=O)c3ccc(Cl)cc3)sc2c1. The molecule has 3 heterocycles. The van der Waals surface area contributed by atoms with Gasteiger partial charge in [-0.3, -0.25) is 14.7 Å². The minimum Gasteiger partial charge on any atom is -0.497 e. The average molecular weight is 543 g/mol. The standard InChI is InChI=1S/C25H23ClN4O4S2/c1-34-19-9-12-21-23(15-19)35-25(28-21)29(16-18-5-2-3-13-27-18)24(31)22-6-4-14-30(22)36(32,33)20-10-7-17(26)8-11-20/h2-3,5,7-13,15,22H,4,6,14,16H2,1H3. The van der Waals surface area contributed by atoms with Crippen LogP contribution in [0.5, 0.6) is 5.75 Å². The summed E-state index contributed by atoms with van der Waals surface area (Å²) in [5.74, 6) is 0.359. The van der Waals surface area contributed by atoms with Crippen molar-refractivity contribution in [2.24, 2.45) is 0 Å². The number of anilines is 1. The summed E-state index contributed by atoms with van der Waals surface area (Å²) < 4.78 is 34.4. The van der Waals surface area contributed by atoms with Gasteiger partial charge in [0.2, 0.25) is 15.9 Å². The van der Waals surface area contributed by atoms with Gasteiger partial charge in [-0.05, 0) is 67.4 Å². The molecule has 36 heavy (non-hydrogen) atoms. The predicted octanol–water partition coefficient (Wildman–Crippen LogP) is 4.74. The lowest BCUT2D eigenvalue weighted by Gasteiger charge is -2.28. The summed E-state index contributed by atoms with van der Waals surface area (Å²) in [6.45, 7) is 0.428. The quantitative estimate of drug-likeness (QED) is 0.335. The maximum absolute atomic E-state index is 14.0. The van der Waals surface area contributed by atoms with Crippen molar-refractivity contribution in [3.05, 3.63) is 77.6 Å². The Morgan fingerprint density at radius 3 is 2.72 bits per heavy atom. The fourth-order valence-electron chi connectivity index (χ4n) is 4.23. The Kier molecular flexibility index (Phi) is 6.94. The number of rotatable bonds is 7. The molecule has 1 aliphatic heterocycles. The first kappa shape index (κ1) is 24.6. The first-order valence-electron chi connectivity index (χ1n) is 11.3. The molecule has 0 radical (unpaired) electrons. The van der Waals surface area contributed by atoms with E-state index in [9.17, 15) is 13.2 Å². The Morgan fingerprint density at radius 1 is 1.19 bits per heavy atom. The van der Waals surface area contributed by atoms with E-state index in [4.69, 9.17) is 16.3 Å². The van der Waals surface area contributed by atoms with Crippen LogP contribution in [0.2, 0.25) is 5.02 Å². The molecule has 1 aliphatic rings. The Bertz CT molecular complexity index is 1490. The lowest BCUT2D eigenvalue weighted by Crippen LogP contribution is -2.47. The molecule has 0 N–H and O–H groups in total. The van der Waals surface area contributed by atoms with Gasteiger partial charge in [0.15, 0.2) is 5.13 Å². The van der Waals surface area contributed by atoms with E-state index in [-0.39, 0.29) is 23.9 Å². The smallest absolute Gasteiger partial charge is 0.247 e. The molecule has 1 unspecified atom stereocenters. The summed E-state index contributed by atoms with van der Waals surface area (Å²) in [6.07, 6.45) is 2.66. The molecule has 2 aromatic heterocycles. The van der Waals surface area contributed by atoms with Gasteiger partial charge in [-0.1, -0.05) is 29.0 Å². The van der Waals surface area contributed by atoms with Crippen LogP contribution in [0.1, 0.15) is 18.5 Å². The number of benzene rings is 2. The zero-order valence-corrected chi connectivity index (χ0v) is 21.8. The summed E-state index contributed by atoms with van der Waals surface area (Å²) in [7, 11) is -2.30. The van der Waals surface area contributed by atoms with Crippen LogP contribution in [-0.2, 0) is 21.4 Å². The highest BCUT2D eigenvalue weighted by Crippen LogP contribution is 2.35. The van der Waals surface area contributed by atoms with Crippen LogP contribution in [-0.4, -0.2) is 48.3 Å². The lowest BCUT2D eigenvalue weighted by atomic mass is 10.2. The molecule has 0 saturated carbocycles. The number of aromatic nitrogens is 2. The van der Waals surface area contributed by atoms with Crippen molar-refractivity contribution in [1.82, 2.24) is 14.3 Å². The Balaban J connectivity index is 1.52. The third-order valence-electron chi connectivity index (χ3n) is 6.04. The summed E-state index contributed by atoms with van der Waals surface area (Å²) >= 11 is 7.30. The highest BCUT2D eigenvalue weighted by Gasteiger charge is 2.42. The van der Waals surface area contributed by atoms with E-state index in [0.29, 0.717) is 34.4 Å². The van der Waals surface area contributed by atoms with Crippen LogP contribution in [0.3, 0.4) is 0 Å². The van der Waals surface area contributed by atoms with Crippen molar-refractivity contribution in [2.45, 2.75) is 30.3 Å². The summed E-state index contributed by atoms with van der Waals surface area (Å²) in [5, 5.41) is 0.918. The molecule has 4 aromatic rings. The zero-order chi connectivity index (χ0) is 25.3. The van der Waals surface area contributed by atoms with Gasteiger partial charge in [-0.15, -0.1) is 0 Å². The van der Waals surface area contributed by atoms with Crippen molar-refractivity contribution in [2.75, 3.05) is 18.6 Å². The van der Waals surface area contributed by atoms with E-state index >= 15 is 0 Å². The summed E-state index contributed by atoms with van der Waals surface area (Å²) in [5.41, 5.74) is 1.40. The van der Waals surface area contributed by atoms with Crippen molar-refractivity contribution in [3.8, 4) is 5.75 Å². The average Bonchev–Trinajstić information content (AvgIpc) is 3.55. The minimum atomic E-state index is -3.89. The second-order valence-corrected chi connectivity index (χ2v) is 11.6. The number of thiazole rings is 1. The van der Waals surface area contributed by atoms with Gasteiger partial charge < -0.3 is 4.74 Å². The Labute approximate surface area is 218 Å². The van der Waals surface area contributed by atoms with Crippen LogP contribution in [0.4, 0.5) is 5.13 Å². The molecule has 0 bridgehead atoms. The lowest BCUT2D eigenvalue weighted by molar-refractivity contribution is -0.121. The Hall–Kier alpha value is -3.05. The van der Waals surface area contributed by atoms with Gasteiger partial charge in [0.25, 0.3) is 0 Å². The number of hydrogen-bond donors (Lipinski definition) is 0. The van der Waals surface area contributed by atoms with Gasteiger partial charge in [-0.25, -0.2) is 13.4 Å². The molecular formula is C25H23ClN4O4S2. The van der Waals surface area contributed by atoms with Gasteiger partial charge in [0.05, 0.1) is 34.5 Å². The van der Waals surface area contributed by atoms with E-state index in [1.54, 1.807) is 24.3 Å². The number of amides is 1. The number of ether oxygens (including phenoxy) is 1. The third kappa shape index (κ3) is 4.81. The van der Waals surface area contributed by atoms with E-state index in [0.717, 1.165) is 10.2 Å². The second-order valence-electron chi connectivity index (χ2n) is 8.30. The number of carbonyl (C=O) groups is 1. The van der Waals surface area contributed by atoms with Crippen molar-refractivity contribution < 1.29 is 17.9 Å². The van der Waals surface area contributed by atoms with Gasteiger partial charge in [-0.2, -0.15) is 4.31 Å². The zero-order valence-electron chi connectivity index (χ0n) is 19.4. The first-order chi connectivity index (χ1) is 17.4. The monoisotopic (exact) mass is 542 g/mol. The molecule has 8 nitrogen and oxygen atoms in total. The van der Waals surface area contributed by atoms with Crippen molar-refractivity contribution in [1.29, 1.82) is 0 Å². The molecule has 1 atom stereocenters. The maximum atomic E-state index is 14.0. The fourth-order valence-corrected chi connectivity index (χ4v) is 7.00. The van der Waals surface area contributed by atoms with Crippen molar-refractivity contribution >= 4 is 54.2 Å². The maximum Gasteiger partial charge on any atom is 0.247 e. The molecule has 0 aliphatic carbocycles. The van der Waals surface area contributed by atoms with Gasteiger partial charge in [0, 0.05) is 17.8 Å². The first-order valence-corrected chi connectivity index (χ1v) is 13.9. The van der Waals surface area contributed by atoms with Crippen LogP contribution >= 0.6 is 22.9 Å². The number of nitrogens with zero attached hydrogens (tertiary/aromatic N) is 4. The Morgan fingerprint density at radius 2 is 2.00 bits per heavy atom. The number of methoxy groups -OCH3 is 1. The summed E-state index contributed by atoms with van der Waals surface area (Å²) in [4.78, 5) is 24.7. The molecule has 1 fully saturated rings. The molecule has 11 heteroatoms. The van der Waals surface area contributed by atoms with E-state index < -0.39 is 16.1 Å². The second kappa shape index (κ2) is 10.1. The van der Waals surface area contributed by atoms with Gasteiger partial charge in [0.1, 0.15) is 11.8 Å². The number of fused-ring (bicyclic) bond motifs is 1. The van der Waals surface area contributed by atoms with Crippen LogP contribution in [0.15, 0.2) is 71.8 Å². The van der Waals surface area contributed by atoms with Crippen molar-refractivity contribution in [3.63, 3.8) is 0 Å². The molecular weight excluding hydrogens is 520 g/mol. The number of sulfonamides is 1. The number of hydrogen-bond acceptors (Lipinski definition) is 7. The van der Waals surface area contributed by atoms with E-state index in [1.807, 2.05) is 30.3 Å². The highest BCUT2D eigenvalue weighted by molar-refractivity contribution is 7.89. The van der Waals surface area contributed by atoms with E-state index in [1.165, 1.54) is 39.9 Å². The van der Waals surface area contributed by atoms with Crippen LogP contribution in [0, 0.1) is 0 Å². The van der Waals surface area contributed by atoms with Crippen LogP contribution < -0.4 is 9.64 Å². The number of carbonyl (C=O) groups excluding carboxylic acids is 1.